The zero-order valence-corrected chi connectivity index (χ0v) is 21.5. The molecule has 12 heteroatoms. The smallest absolute Gasteiger partial charge is 0.416 e. The molecule has 2 heterocycles. The zero-order valence-electron chi connectivity index (χ0n) is 21.5. The highest BCUT2D eigenvalue weighted by Crippen LogP contribution is 2.33. The Morgan fingerprint density at radius 3 is 2.65 bits per heavy atom. The van der Waals surface area contributed by atoms with E-state index in [0.717, 1.165) is 24.6 Å². The number of ether oxygens (including phenoxy) is 2. The molecule has 1 N–H and O–H groups in total. The summed E-state index contributed by atoms with van der Waals surface area (Å²) in [6.45, 7) is 6.01. The second-order valence-corrected chi connectivity index (χ2v) is 9.75. The summed E-state index contributed by atoms with van der Waals surface area (Å²) in [5.74, 6) is -0.666. The van der Waals surface area contributed by atoms with Crippen molar-refractivity contribution in [2.45, 2.75) is 32.5 Å². The lowest BCUT2D eigenvalue weighted by Crippen LogP contribution is -2.60. The van der Waals surface area contributed by atoms with Crippen molar-refractivity contribution in [3.8, 4) is 5.75 Å². The molecule has 2 aliphatic rings. The third-order valence-corrected chi connectivity index (χ3v) is 6.50. The number of amides is 3. The number of rotatable bonds is 5. The van der Waals surface area contributed by atoms with Crippen LogP contribution in [-0.2, 0) is 20.5 Å². The van der Waals surface area contributed by atoms with Gasteiger partial charge >= 0.3 is 6.18 Å². The predicted molar refractivity (Wildman–Crippen MR) is 129 cm³/mol. The molecule has 3 rings (SSSR count). The maximum absolute atomic E-state index is 13.4. The summed E-state index contributed by atoms with van der Waals surface area (Å²) in [6, 6.07) is 2.21. The first-order valence-electron chi connectivity index (χ1n) is 12.4. The highest BCUT2D eigenvalue weighted by molar-refractivity contribution is 5.97. The van der Waals surface area contributed by atoms with Crippen LogP contribution < -0.4 is 10.1 Å². The van der Waals surface area contributed by atoms with Gasteiger partial charge in [0.2, 0.25) is 11.8 Å². The van der Waals surface area contributed by atoms with E-state index in [1.807, 2.05) is 4.90 Å². The molecule has 9 nitrogen and oxygen atoms in total. The van der Waals surface area contributed by atoms with Crippen LogP contribution in [0.2, 0.25) is 0 Å². The number of fused-ring (bicyclic) bond motifs is 2. The first-order valence-corrected chi connectivity index (χ1v) is 12.4. The van der Waals surface area contributed by atoms with E-state index in [4.69, 9.17) is 9.47 Å². The maximum Gasteiger partial charge on any atom is 0.416 e. The van der Waals surface area contributed by atoms with E-state index < -0.39 is 23.7 Å². The minimum Gasteiger partial charge on any atom is -0.491 e. The summed E-state index contributed by atoms with van der Waals surface area (Å²) < 4.78 is 50.9. The van der Waals surface area contributed by atoms with Gasteiger partial charge in [-0.3, -0.25) is 19.3 Å². The van der Waals surface area contributed by atoms with Crippen molar-refractivity contribution in [1.29, 1.82) is 0 Å². The van der Waals surface area contributed by atoms with Gasteiger partial charge in [0.15, 0.2) is 0 Å². The molecule has 0 saturated carbocycles. The van der Waals surface area contributed by atoms with E-state index in [1.165, 1.54) is 7.11 Å². The van der Waals surface area contributed by atoms with Crippen molar-refractivity contribution in [2.24, 2.45) is 5.92 Å². The number of methoxy groups -OCH3 is 1. The Bertz CT molecular complexity index is 972. The Labute approximate surface area is 214 Å². The lowest BCUT2D eigenvalue weighted by atomic mass is 10.1. The van der Waals surface area contributed by atoms with E-state index in [2.05, 4.69) is 19.2 Å². The molecule has 0 unspecified atom stereocenters. The largest absolute Gasteiger partial charge is 0.491 e. The summed E-state index contributed by atoms with van der Waals surface area (Å²) in [4.78, 5) is 43.9. The maximum atomic E-state index is 13.4. The van der Waals surface area contributed by atoms with Gasteiger partial charge < -0.3 is 24.6 Å². The number of benzene rings is 1. The molecule has 0 spiro atoms. The van der Waals surface area contributed by atoms with Crippen LogP contribution in [0.4, 0.5) is 13.2 Å². The number of hydrogen-bond acceptors (Lipinski definition) is 6. The lowest BCUT2D eigenvalue weighted by Gasteiger charge is -2.42. The highest BCUT2D eigenvalue weighted by Gasteiger charge is 2.35. The van der Waals surface area contributed by atoms with E-state index in [-0.39, 0.29) is 62.5 Å². The van der Waals surface area contributed by atoms with Crippen molar-refractivity contribution in [1.82, 2.24) is 20.0 Å². The summed E-state index contributed by atoms with van der Waals surface area (Å²) in [6.07, 6.45) is -3.79. The Kier molecular flexibility index (Phi) is 9.77. The molecule has 0 radical (unpaired) electrons. The summed E-state index contributed by atoms with van der Waals surface area (Å²) in [7, 11) is 1.42. The molecular weight excluding hydrogens is 493 g/mol. The molecule has 1 aromatic rings. The molecule has 206 valence electrons. The van der Waals surface area contributed by atoms with Crippen LogP contribution in [0.5, 0.6) is 5.75 Å². The van der Waals surface area contributed by atoms with Gasteiger partial charge in [-0.05, 0) is 37.1 Å². The first-order chi connectivity index (χ1) is 17.5. The quantitative estimate of drug-likeness (QED) is 0.628. The molecule has 37 heavy (non-hydrogen) atoms. The fourth-order valence-corrected chi connectivity index (χ4v) is 4.38. The monoisotopic (exact) mass is 528 g/mol. The number of alkyl halides is 3. The number of nitrogens with zero attached hydrogens (tertiary/aromatic N) is 3. The Hall–Kier alpha value is -2.86. The molecule has 0 aromatic heterocycles. The summed E-state index contributed by atoms with van der Waals surface area (Å²) in [5.41, 5.74) is -1.19. The van der Waals surface area contributed by atoms with Gasteiger partial charge in [0, 0.05) is 39.8 Å². The molecule has 1 aromatic carbocycles. The molecule has 0 aliphatic carbocycles. The van der Waals surface area contributed by atoms with Gasteiger partial charge in [-0.1, -0.05) is 13.8 Å². The normalized spacial score (nSPS) is 20.2. The van der Waals surface area contributed by atoms with Crippen molar-refractivity contribution >= 4 is 17.7 Å². The molecule has 1 saturated heterocycles. The molecular formula is C25H35F3N4O5. The van der Waals surface area contributed by atoms with Crippen LogP contribution >= 0.6 is 0 Å². The first kappa shape index (κ1) is 28.7. The number of halogens is 3. The van der Waals surface area contributed by atoms with E-state index in [9.17, 15) is 27.6 Å². The molecule has 1 fully saturated rings. The van der Waals surface area contributed by atoms with Crippen LogP contribution in [0.3, 0.4) is 0 Å². The van der Waals surface area contributed by atoms with Crippen LogP contribution in [0.1, 0.15) is 36.2 Å². The van der Waals surface area contributed by atoms with E-state index in [0.29, 0.717) is 25.6 Å². The highest BCUT2D eigenvalue weighted by atomic mass is 19.4. The number of carbonyl (C=O) groups excluding carboxylic acids is 3. The van der Waals surface area contributed by atoms with Crippen molar-refractivity contribution in [2.75, 3.05) is 66.1 Å². The van der Waals surface area contributed by atoms with Gasteiger partial charge in [-0.2, -0.15) is 13.2 Å². The molecule has 2 aliphatic heterocycles. The standard InChI is InChI=1S/C25H35F3N4O5/c1-17(2)6-8-30-9-7-29-24(35)20-12-18(25(26,27)28)4-5-21(20)37-15-19-13-31(23(34)16-36-3)10-11-32(19)22(33)14-30/h4-5,12,17,19H,6-11,13-16H2,1-3H3,(H,29,35)/t19-/m0/s1. The molecule has 1 atom stereocenters. The van der Waals surface area contributed by atoms with Crippen molar-refractivity contribution in [3.63, 3.8) is 0 Å². The van der Waals surface area contributed by atoms with Crippen molar-refractivity contribution < 1.29 is 37.0 Å². The van der Waals surface area contributed by atoms with Crippen LogP contribution in [0, 0.1) is 5.92 Å². The van der Waals surface area contributed by atoms with Gasteiger partial charge in [0.1, 0.15) is 19.0 Å². The van der Waals surface area contributed by atoms with Gasteiger partial charge in [-0.15, -0.1) is 0 Å². The van der Waals surface area contributed by atoms with Crippen LogP contribution in [-0.4, -0.2) is 105 Å². The number of carbonyl (C=O) groups is 3. The Morgan fingerprint density at radius 1 is 1.22 bits per heavy atom. The summed E-state index contributed by atoms with van der Waals surface area (Å²) >= 11 is 0. The second kappa shape index (κ2) is 12.6. The van der Waals surface area contributed by atoms with Crippen LogP contribution in [0.15, 0.2) is 18.2 Å². The van der Waals surface area contributed by atoms with Gasteiger partial charge in [0.25, 0.3) is 5.91 Å². The number of hydrogen-bond donors (Lipinski definition) is 1. The molecule has 0 bridgehead atoms. The van der Waals surface area contributed by atoms with E-state index >= 15 is 0 Å². The number of piperazine rings is 1. The SMILES string of the molecule is COCC(=O)N1CCN2C(=O)CN(CCC(C)C)CCNC(=O)c3cc(C(F)(F)F)ccc3OC[C@@H]2C1. The van der Waals surface area contributed by atoms with Gasteiger partial charge in [-0.25, -0.2) is 0 Å². The minimum absolute atomic E-state index is 0.0193. The topological polar surface area (TPSA) is 91.4 Å². The third-order valence-electron chi connectivity index (χ3n) is 6.50. The zero-order chi connectivity index (χ0) is 27.2. The number of nitrogens with one attached hydrogen (secondary N) is 1. The fourth-order valence-electron chi connectivity index (χ4n) is 4.38. The summed E-state index contributed by atoms with van der Waals surface area (Å²) in [5, 5.41) is 2.67. The Balaban J connectivity index is 1.92. The second-order valence-electron chi connectivity index (χ2n) is 9.75. The minimum atomic E-state index is -4.63. The van der Waals surface area contributed by atoms with Crippen LogP contribution in [0.25, 0.3) is 0 Å². The average Bonchev–Trinajstić information content (AvgIpc) is 2.85. The Morgan fingerprint density at radius 2 is 1.97 bits per heavy atom. The average molecular weight is 529 g/mol. The third kappa shape index (κ3) is 7.81. The van der Waals surface area contributed by atoms with Gasteiger partial charge in [0.05, 0.1) is 23.7 Å². The van der Waals surface area contributed by atoms with Crippen molar-refractivity contribution in [3.05, 3.63) is 29.3 Å². The molecule has 3 amide bonds. The lowest BCUT2D eigenvalue weighted by molar-refractivity contribution is -0.146. The predicted octanol–water partition coefficient (Wildman–Crippen LogP) is 1.86. The fraction of sp³-hybridized carbons (Fsp3) is 0.640. The van der Waals surface area contributed by atoms with E-state index in [1.54, 1.807) is 9.80 Å².